The Morgan fingerprint density at radius 3 is 2.49 bits per heavy atom. The SMILES string of the molecule is COc1cc(Cl)ccc1CCN(Cl)C(=O)c1ccc(Oc2cc3c(cc2Cl)C(C(=O)[O-])CCO3)cc1.[Na+]. The Hall–Kier alpha value is -2.13. The molecule has 0 N–H and O–H groups in total. The number of carbonyl (C=O) groups excluding carboxylic acids is 2. The minimum Gasteiger partial charge on any atom is -0.549 e. The zero-order chi connectivity index (χ0) is 25.8. The predicted molar refractivity (Wildman–Crippen MR) is 134 cm³/mol. The summed E-state index contributed by atoms with van der Waals surface area (Å²) < 4.78 is 17.9. The van der Waals surface area contributed by atoms with E-state index in [1.54, 1.807) is 49.6 Å². The second-order valence-electron chi connectivity index (χ2n) is 8.05. The summed E-state index contributed by atoms with van der Waals surface area (Å²) in [6.45, 7) is 0.511. The van der Waals surface area contributed by atoms with Crippen LogP contribution in [0.5, 0.6) is 23.0 Å². The molecule has 0 saturated heterocycles. The molecule has 11 heteroatoms. The minimum atomic E-state index is -1.18. The van der Waals surface area contributed by atoms with E-state index in [9.17, 15) is 14.7 Å². The third-order valence-corrected chi connectivity index (χ3v) is 6.62. The molecule has 4 rings (SSSR count). The van der Waals surface area contributed by atoms with Crippen molar-refractivity contribution in [2.75, 3.05) is 20.3 Å². The number of ether oxygens (including phenoxy) is 3. The van der Waals surface area contributed by atoms with E-state index in [1.807, 2.05) is 6.07 Å². The molecule has 1 aliphatic rings. The number of carboxylic acids is 1. The van der Waals surface area contributed by atoms with Gasteiger partial charge in [-0.15, -0.1) is 0 Å². The first-order valence-electron chi connectivity index (χ1n) is 11.0. The number of hydrogen-bond acceptors (Lipinski definition) is 6. The van der Waals surface area contributed by atoms with E-state index in [2.05, 4.69) is 0 Å². The molecule has 0 radical (unpaired) electrons. The fraction of sp³-hybridized carbons (Fsp3) is 0.231. The van der Waals surface area contributed by atoms with Gasteiger partial charge in [0.25, 0.3) is 5.91 Å². The van der Waals surface area contributed by atoms with Gasteiger partial charge < -0.3 is 24.1 Å². The number of nitrogens with zero attached hydrogens (tertiary/aromatic N) is 1. The van der Waals surface area contributed by atoms with Crippen LogP contribution in [0.25, 0.3) is 0 Å². The van der Waals surface area contributed by atoms with Gasteiger partial charge in [-0.3, -0.25) is 9.21 Å². The zero-order valence-electron chi connectivity index (χ0n) is 20.1. The van der Waals surface area contributed by atoms with Gasteiger partial charge in [-0.05, 0) is 60.9 Å². The number of carboxylic acid groups (broad SMARTS) is 1. The van der Waals surface area contributed by atoms with Crippen molar-refractivity contribution < 1.29 is 58.5 Å². The molecule has 1 atom stereocenters. The fourth-order valence-electron chi connectivity index (χ4n) is 3.89. The summed E-state index contributed by atoms with van der Waals surface area (Å²) in [5.74, 6) is -0.601. The van der Waals surface area contributed by atoms with Crippen molar-refractivity contribution in [3.05, 3.63) is 81.3 Å². The molecule has 0 spiro atoms. The smallest absolute Gasteiger partial charge is 0.549 e. The maximum Gasteiger partial charge on any atom is 1.00 e. The van der Waals surface area contributed by atoms with E-state index in [0.717, 1.165) is 9.98 Å². The first-order valence-corrected chi connectivity index (χ1v) is 12.1. The average Bonchev–Trinajstić information content (AvgIpc) is 2.87. The van der Waals surface area contributed by atoms with Gasteiger partial charge in [0.15, 0.2) is 0 Å². The first-order chi connectivity index (χ1) is 17.3. The number of benzene rings is 3. The third kappa shape index (κ3) is 7.05. The number of amides is 1. The Bertz CT molecular complexity index is 1290. The molecule has 1 aliphatic heterocycles. The zero-order valence-corrected chi connectivity index (χ0v) is 24.4. The molecule has 0 aliphatic carbocycles. The van der Waals surface area contributed by atoms with Crippen molar-refractivity contribution >= 4 is 46.9 Å². The van der Waals surface area contributed by atoms with Crippen LogP contribution in [0.1, 0.15) is 33.8 Å². The van der Waals surface area contributed by atoms with Gasteiger partial charge in [0.1, 0.15) is 23.0 Å². The number of carbonyl (C=O) groups is 2. The van der Waals surface area contributed by atoms with Crippen LogP contribution in [0.2, 0.25) is 10.0 Å². The van der Waals surface area contributed by atoms with Crippen LogP contribution in [0.15, 0.2) is 54.6 Å². The van der Waals surface area contributed by atoms with Crippen molar-refractivity contribution in [1.29, 1.82) is 0 Å². The normalized spacial score (nSPS) is 14.0. The molecule has 0 aromatic heterocycles. The van der Waals surface area contributed by atoms with Crippen LogP contribution in [0, 0.1) is 0 Å². The Labute approximate surface area is 251 Å². The number of aliphatic carboxylic acids is 1. The van der Waals surface area contributed by atoms with Crippen molar-refractivity contribution in [2.24, 2.45) is 0 Å². The second kappa shape index (κ2) is 13.1. The monoisotopic (exact) mass is 571 g/mol. The molecule has 0 fully saturated rings. The van der Waals surface area contributed by atoms with Gasteiger partial charge in [0.05, 0.1) is 18.7 Å². The van der Waals surface area contributed by atoms with Crippen molar-refractivity contribution in [2.45, 2.75) is 18.8 Å². The maximum absolute atomic E-state index is 12.8. The van der Waals surface area contributed by atoms with Gasteiger partial charge in [-0.1, -0.05) is 29.3 Å². The van der Waals surface area contributed by atoms with Gasteiger partial charge >= 0.3 is 29.6 Å². The van der Waals surface area contributed by atoms with Crippen molar-refractivity contribution in [3.8, 4) is 23.0 Å². The van der Waals surface area contributed by atoms with E-state index < -0.39 is 11.9 Å². The molecule has 1 heterocycles. The Morgan fingerprint density at radius 2 is 1.81 bits per heavy atom. The van der Waals surface area contributed by atoms with E-state index in [4.69, 9.17) is 49.2 Å². The summed E-state index contributed by atoms with van der Waals surface area (Å²) in [7, 11) is 1.55. The molecule has 37 heavy (non-hydrogen) atoms. The Kier molecular flexibility index (Phi) is 10.4. The fourth-order valence-corrected chi connectivity index (χ4v) is 4.45. The quantitative estimate of drug-likeness (QED) is 0.304. The van der Waals surface area contributed by atoms with Gasteiger partial charge in [-0.25, -0.2) is 0 Å². The molecular formula is C26H21Cl3NNaO6. The molecule has 3 aromatic carbocycles. The molecule has 0 saturated carbocycles. The standard InChI is InChI=1S/C26H22Cl3NO6.Na/c1-34-22-12-17(27)5-2-15(22)8-10-30(29)25(31)16-3-6-18(7-4-16)36-24-14-23-20(13-21(24)28)19(26(32)33)9-11-35-23;/h2-7,12-14,19H,8-11H2,1H3,(H,32,33);/q;+1/p-1. The first kappa shape index (κ1) is 29.4. The van der Waals surface area contributed by atoms with Crippen LogP contribution in [0.4, 0.5) is 0 Å². The van der Waals surface area contributed by atoms with Crippen molar-refractivity contribution in [1.82, 2.24) is 4.42 Å². The summed E-state index contributed by atoms with van der Waals surface area (Å²) in [5.41, 5.74) is 1.70. The van der Waals surface area contributed by atoms with Crippen LogP contribution >= 0.6 is 35.0 Å². The number of fused-ring (bicyclic) bond motifs is 1. The summed E-state index contributed by atoms with van der Waals surface area (Å²) >= 11 is 18.6. The predicted octanol–water partition coefficient (Wildman–Crippen LogP) is 2.25. The summed E-state index contributed by atoms with van der Waals surface area (Å²) in [6.07, 6.45) is 0.792. The largest absolute Gasteiger partial charge is 1.00 e. The van der Waals surface area contributed by atoms with E-state index >= 15 is 0 Å². The molecule has 1 amide bonds. The third-order valence-electron chi connectivity index (χ3n) is 5.76. The van der Waals surface area contributed by atoms with Crippen LogP contribution in [-0.4, -0.2) is 36.6 Å². The molecule has 188 valence electrons. The topological polar surface area (TPSA) is 88.1 Å². The number of methoxy groups -OCH3 is 1. The minimum absolute atomic E-state index is 0. The van der Waals surface area contributed by atoms with Gasteiger partial charge in [0.2, 0.25) is 0 Å². The number of rotatable bonds is 8. The molecule has 7 nitrogen and oxygen atoms in total. The maximum atomic E-state index is 12.8. The summed E-state index contributed by atoms with van der Waals surface area (Å²) in [5, 5.41) is 12.2. The number of halogens is 3. The summed E-state index contributed by atoms with van der Waals surface area (Å²) in [4.78, 5) is 24.2. The van der Waals surface area contributed by atoms with Crippen LogP contribution < -0.4 is 48.9 Å². The Balaban J connectivity index is 0.00000380. The van der Waals surface area contributed by atoms with E-state index in [1.165, 1.54) is 6.07 Å². The molecule has 1 unspecified atom stereocenters. The van der Waals surface area contributed by atoms with E-state index in [-0.39, 0.29) is 53.6 Å². The second-order valence-corrected chi connectivity index (χ2v) is 9.30. The molecule has 0 bridgehead atoms. The molecule has 3 aromatic rings. The van der Waals surface area contributed by atoms with Crippen LogP contribution in [-0.2, 0) is 11.2 Å². The summed E-state index contributed by atoms with van der Waals surface area (Å²) in [6, 6.07) is 14.8. The van der Waals surface area contributed by atoms with E-state index in [0.29, 0.717) is 52.0 Å². The van der Waals surface area contributed by atoms with Crippen LogP contribution in [0.3, 0.4) is 0 Å². The Morgan fingerprint density at radius 1 is 1.08 bits per heavy atom. The number of hydrogen-bond donors (Lipinski definition) is 0. The average molecular weight is 573 g/mol. The van der Waals surface area contributed by atoms with Gasteiger partial charge in [0, 0.05) is 52.4 Å². The van der Waals surface area contributed by atoms with Gasteiger partial charge in [-0.2, -0.15) is 0 Å². The van der Waals surface area contributed by atoms with Crippen molar-refractivity contribution in [3.63, 3.8) is 0 Å². The molecular weight excluding hydrogens is 552 g/mol.